The first-order chi connectivity index (χ1) is 11.1. The molecule has 134 valence electrons. The van der Waals surface area contributed by atoms with Crippen molar-refractivity contribution in [2.75, 3.05) is 12.3 Å². The van der Waals surface area contributed by atoms with Gasteiger partial charge in [-0.3, -0.25) is 9.59 Å². The molecule has 0 aromatic carbocycles. The third-order valence-electron chi connectivity index (χ3n) is 4.41. The van der Waals surface area contributed by atoms with Crippen LogP contribution in [0.3, 0.4) is 0 Å². The number of rotatable bonds is 14. The van der Waals surface area contributed by atoms with Crippen LogP contribution in [0.2, 0.25) is 0 Å². The molecule has 1 amide bonds. The Kier molecular flexibility index (Phi) is 11.2. The monoisotopic (exact) mass is 343 g/mol. The molecule has 5 heteroatoms. The summed E-state index contributed by atoms with van der Waals surface area (Å²) in [6, 6.07) is 0. The topological polar surface area (TPSA) is 57.6 Å². The lowest BCUT2D eigenvalue weighted by atomic mass is 10.1. The fourth-order valence-electron chi connectivity index (χ4n) is 3.02. The Morgan fingerprint density at radius 3 is 2.48 bits per heavy atom. The fraction of sp³-hybridized carbons (Fsp3) is 0.889. The molecule has 1 aliphatic heterocycles. The van der Waals surface area contributed by atoms with E-state index in [1.54, 1.807) is 11.8 Å². The van der Waals surface area contributed by atoms with Crippen molar-refractivity contribution in [2.45, 2.75) is 89.3 Å². The SMILES string of the molecule is CCCCCCCCN1C(=O)CS[C@@H]1CCCCCCC(=O)O. The zero-order valence-electron chi connectivity index (χ0n) is 14.6. The number of carbonyl (C=O) groups is 2. The normalized spacial score (nSPS) is 17.9. The molecule has 0 aromatic heterocycles. The standard InChI is InChI=1S/C18H33NO3S/c1-2-3-4-5-8-11-14-19-16(20)15-23-17(19)12-9-6-7-10-13-18(21)22/h17H,2-15H2,1H3,(H,21,22)/t17-/m1/s1. The van der Waals surface area contributed by atoms with E-state index in [4.69, 9.17) is 5.11 Å². The predicted molar refractivity (Wildman–Crippen MR) is 96.7 cm³/mol. The molecule has 1 atom stereocenters. The van der Waals surface area contributed by atoms with E-state index in [1.165, 1.54) is 32.1 Å². The van der Waals surface area contributed by atoms with Gasteiger partial charge >= 0.3 is 5.97 Å². The van der Waals surface area contributed by atoms with Crippen molar-refractivity contribution in [3.63, 3.8) is 0 Å². The molecular formula is C18H33NO3S. The Morgan fingerprint density at radius 2 is 1.74 bits per heavy atom. The largest absolute Gasteiger partial charge is 0.481 e. The summed E-state index contributed by atoms with van der Waals surface area (Å²) in [4.78, 5) is 24.5. The second-order valence-corrected chi connectivity index (χ2v) is 7.63. The molecule has 0 aliphatic carbocycles. The van der Waals surface area contributed by atoms with E-state index >= 15 is 0 Å². The van der Waals surface area contributed by atoms with Crippen LogP contribution in [-0.4, -0.2) is 39.6 Å². The Balaban J connectivity index is 2.11. The quantitative estimate of drug-likeness (QED) is 0.466. The molecule has 0 aromatic rings. The van der Waals surface area contributed by atoms with Crippen LogP contribution in [0.15, 0.2) is 0 Å². The van der Waals surface area contributed by atoms with Crippen molar-refractivity contribution >= 4 is 23.6 Å². The van der Waals surface area contributed by atoms with Gasteiger partial charge in [0, 0.05) is 13.0 Å². The molecule has 1 rings (SSSR count). The van der Waals surface area contributed by atoms with Crippen LogP contribution in [0.5, 0.6) is 0 Å². The van der Waals surface area contributed by atoms with Crippen molar-refractivity contribution < 1.29 is 14.7 Å². The summed E-state index contributed by atoms with van der Waals surface area (Å²) >= 11 is 1.78. The van der Waals surface area contributed by atoms with Gasteiger partial charge in [-0.2, -0.15) is 0 Å². The first-order valence-corrected chi connectivity index (χ1v) is 10.3. The zero-order chi connectivity index (χ0) is 16.9. The molecular weight excluding hydrogens is 310 g/mol. The average molecular weight is 344 g/mol. The summed E-state index contributed by atoms with van der Waals surface area (Å²) in [5.74, 6) is 0.242. The van der Waals surface area contributed by atoms with Gasteiger partial charge in [0.2, 0.25) is 5.91 Å². The molecule has 1 fully saturated rings. The number of carboxylic acids is 1. The summed E-state index contributed by atoms with van der Waals surface area (Å²) < 4.78 is 0. The minimum atomic E-state index is -0.702. The number of hydrogen-bond acceptors (Lipinski definition) is 3. The second kappa shape index (κ2) is 12.7. The maximum absolute atomic E-state index is 12.0. The number of carbonyl (C=O) groups excluding carboxylic acids is 1. The van der Waals surface area contributed by atoms with Gasteiger partial charge in [0.15, 0.2) is 0 Å². The Bertz CT molecular complexity index is 349. The van der Waals surface area contributed by atoms with Gasteiger partial charge in [-0.1, -0.05) is 58.3 Å². The maximum Gasteiger partial charge on any atom is 0.303 e. The molecule has 1 aliphatic rings. The number of hydrogen-bond donors (Lipinski definition) is 1. The van der Waals surface area contributed by atoms with Gasteiger partial charge in [0.25, 0.3) is 0 Å². The van der Waals surface area contributed by atoms with E-state index in [0.29, 0.717) is 17.0 Å². The molecule has 1 heterocycles. The summed E-state index contributed by atoms with van der Waals surface area (Å²) in [5, 5.41) is 8.97. The van der Waals surface area contributed by atoms with Crippen LogP contribution in [0.25, 0.3) is 0 Å². The fourth-order valence-corrected chi connectivity index (χ4v) is 4.26. The highest BCUT2D eigenvalue weighted by molar-refractivity contribution is 8.00. The summed E-state index contributed by atoms with van der Waals surface area (Å²) in [5.41, 5.74) is 0. The number of unbranched alkanes of at least 4 members (excludes halogenated alkanes) is 8. The third-order valence-corrected chi connectivity index (χ3v) is 5.70. The lowest BCUT2D eigenvalue weighted by molar-refractivity contribution is -0.137. The van der Waals surface area contributed by atoms with E-state index in [1.807, 2.05) is 0 Å². The van der Waals surface area contributed by atoms with Crippen molar-refractivity contribution in [2.24, 2.45) is 0 Å². The molecule has 0 radical (unpaired) electrons. The van der Waals surface area contributed by atoms with Crippen LogP contribution in [0.4, 0.5) is 0 Å². The molecule has 0 saturated carbocycles. The minimum Gasteiger partial charge on any atom is -0.481 e. The highest BCUT2D eigenvalue weighted by Gasteiger charge is 2.30. The molecule has 1 saturated heterocycles. The first kappa shape index (κ1) is 20.3. The van der Waals surface area contributed by atoms with Crippen LogP contribution in [0.1, 0.15) is 84.0 Å². The second-order valence-electron chi connectivity index (χ2n) is 6.47. The van der Waals surface area contributed by atoms with E-state index in [9.17, 15) is 9.59 Å². The number of nitrogens with zero attached hydrogens (tertiary/aromatic N) is 1. The van der Waals surface area contributed by atoms with Crippen molar-refractivity contribution in [3.8, 4) is 0 Å². The lowest BCUT2D eigenvalue weighted by Crippen LogP contribution is -2.33. The number of thioether (sulfide) groups is 1. The first-order valence-electron chi connectivity index (χ1n) is 9.28. The Morgan fingerprint density at radius 1 is 1.09 bits per heavy atom. The van der Waals surface area contributed by atoms with Crippen molar-refractivity contribution in [1.82, 2.24) is 4.90 Å². The average Bonchev–Trinajstić information content (AvgIpc) is 2.86. The molecule has 0 unspecified atom stereocenters. The molecule has 23 heavy (non-hydrogen) atoms. The highest BCUT2D eigenvalue weighted by Crippen LogP contribution is 2.29. The van der Waals surface area contributed by atoms with Crippen molar-refractivity contribution in [1.29, 1.82) is 0 Å². The molecule has 0 spiro atoms. The van der Waals surface area contributed by atoms with Crippen LogP contribution >= 0.6 is 11.8 Å². The summed E-state index contributed by atoms with van der Waals surface area (Å²) in [6.07, 6.45) is 12.8. The van der Waals surface area contributed by atoms with E-state index in [0.717, 1.165) is 45.1 Å². The van der Waals surface area contributed by atoms with E-state index < -0.39 is 5.97 Å². The smallest absolute Gasteiger partial charge is 0.303 e. The number of amides is 1. The van der Waals surface area contributed by atoms with Crippen molar-refractivity contribution in [3.05, 3.63) is 0 Å². The van der Waals surface area contributed by atoms with E-state index in [-0.39, 0.29) is 6.42 Å². The van der Waals surface area contributed by atoms with Gasteiger partial charge in [-0.25, -0.2) is 0 Å². The lowest BCUT2D eigenvalue weighted by Gasteiger charge is -2.24. The summed E-state index contributed by atoms with van der Waals surface area (Å²) in [7, 11) is 0. The van der Waals surface area contributed by atoms with E-state index in [2.05, 4.69) is 11.8 Å². The Hall–Kier alpha value is -0.710. The number of aliphatic carboxylic acids is 1. The van der Waals surface area contributed by atoms with Crippen LogP contribution in [0, 0.1) is 0 Å². The number of carboxylic acid groups (broad SMARTS) is 1. The van der Waals surface area contributed by atoms with Gasteiger partial charge < -0.3 is 10.0 Å². The molecule has 0 bridgehead atoms. The highest BCUT2D eigenvalue weighted by atomic mass is 32.2. The third kappa shape index (κ3) is 9.23. The summed E-state index contributed by atoms with van der Waals surface area (Å²) in [6.45, 7) is 3.15. The maximum atomic E-state index is 12.0. The van der Waals surface area contributed by atoms with Gasteiger partial charge in [0.1, 0.15) is 0 Å². The minimum absolute atomic E-state index is 0.279. The van der Waals surface area contributed by atoms with Gasteiger partial charge in [-0.05, 0) is 19.3 Å². The molecule has 1 N–H and O–H groups in total. The molecule has 4 nitrogen and oxygen atoms in total. The predicted octanol–water partition coefficient (Wildman–Crippen LogP) is 4.67. The van der Waals surface area contributed by atoms with Gasteiger partial charge in [0.05, 0.1) is 11.1 Å². The van der Waals surface area contributed by atoms with Crippen LogP contribution in [-0.2, 0) is 9.59 Å². The Labute approximate surface area is 145 Å². The zero-order valence-corrected chi connectivity index (χ0v) is 15.4. The van der Waals surface area contributed by atoms with Gasteiger partial charge in [-0.15, -0.1) is 11.8 Å². The van der Waals surface area contributed by atoms with Crippen LogP contribution < -0.4 is 0 Å².